The van der Waals surface area contributed by atoms with Gasteiger partial charge in [0.25, 0.3) is 5.91 Å². The van der Waals surface area contributed by atoms with Crippen molar-refractivity contribution < 1.29 is 9.53 Å². The van der Waals surface area contributed by atoms with Crippen LogP contribution < -0.4 is 4.74 Å². The molecule has 0 aliphatic carbocycles. The highest BCUT2D eigenvalue weighted by atomic mass is 35.5. The zero-order valence-electron chi connectivity index (χ0n) is 16.6. The number of amidine groups is 1. The molecule has 0 unspecified atom stereocenters. The second kappa shape index (κ2) is 8.18. The fourth-order valence-corrected chi connectivity index (χ4v) is 4.31. The Morgan fingerprint density at radius 1 is 1.18 bits per heavy atom. The number of hydrogen-bond donors (Lipinski definition) is 0. The van der Waals surface area contributed by atoms with Crippen LogP contribution in [0.5, 0.6) is 5.75 Å². The summed E-state index contributed by atoms with van der Waals surface area (Å²) in [5, 5.41) is 1.37. The topological polar surface area (TPSA) is 41.9 Å². The molecule has 0 aromatic heterocycles. The number of nitrogens with zero attached hydrogens (tertiary/aromatic N) is 2. The molecule has 3 rings (SSSR count). The zero-order chi connectivity index (χ0) is 20.4. The minimum atomic E-state index is -1.04. The van der Waals surface area contributed by atoms with Crippen molar-refractivity contribution in [3.63, 3.8) is 0 Å². The van der Waals surface area contributed by atoms with Crippen LogP contribution in [0.2, 0.25) is 5.02 Å². The lowest BCUT2D eigenvalue weighted by molar-refractivity contribution is -0.144. The summed E-state index contributed by atoms with van der Waals surface area (Å²) in [6, 6.07) is 17.1. The van der Waals surface area contributed by atoms with Crippen LogP contribution in [-0.4, -0.2) is 32.9 Å². The number of benzene rings is 2. The molecule has 1 saturated heterocycles. The number of hydrogen-bond acceptors (Lipinski definition) is 4. The maximum Gasteiger partial charge on any atom is 0.272 e. The summed E-state index contributed by atoms with van der Waals surface area (Å²) >= 11 is 7.55. The van der Waals surface area contributed by atoms with E-state index in [1.165, 1.54) is 0 Å². The lowest BCUT2D eigenvalue weighted by Crippen LogP contribution is -2.56. The molecule has 2 aromatic rings. The Balaban J connectivity index is 1.82. The van der Waals surface area contributed by atoms with Crippen LogP contribution in [-0.2, 0) is 11.3 Å². The summed E-state index contributed by atoms with van der Waals surface area (Å²) < 4.78 is 6.02. The molecule has 0 spiro atoms. The smallest absolute Gasteiger partial charge is 0.272 e. The number of carbonyl (C=O) groups is 1. The minimum absolute atomic E-state index is 0.107. The fourth-order valence-electron chi connectivity index (χ4n) is 2.96. The average molecular weight is 417 g/mol. The van der Waals surface area contributed by atoms with E-state index < -0.39 is 5.60 Å². The number of thioether (sulfide) groups is 1. The van der Waals surface area contributed by atoms with Gasteiger partial charge in [-0.2, -0.15) is 0 Å². The molecule has 4 nitrogen and oxygen atoms in total. The monoisotopic (exact) mass is 416 g/mol. The van der Waals surface area contributed by atoms with E-state index in [-0.39, 0.29) is 11.4 Å². The molecule has 1 aliphatic heterocycles. The summed E-state index contributed by atoms with van der Waals surface area (Å²) in [5.74, 6) is 1.29. The van der Waals surface area contributed by atoms with Gasteiger partial charge in [0.1, 0.15) is 5.75 Å². The summed E-state index contributed by atoms with van der Waals surface area (Å²) in [4.78, 5) is 20.0. The van der Waals surface area contributed by atoms with Gasteiger partial charge in [0.15, 0.2) is 10.8 Å². The summed E-state index contributed by atoms with van der Waals surface area (Å²) in [7, 11) is 0. The summed E-state index contributed by atoms with van der Waals surface area (Å²) in [6.45, 7) is 8.24. The number of halogens is 1. The first-order valence-electron chi connectivity index (χ1n) is 9.19. The van der Waals surface area contributed by atoms with Gasteiger partial charge < -0.3 is 4.74 Å². The van der Waals surface area contributed by atoms with Crippen molar-refractivity contribution in [1.29, 1.82) is 0 Å². The fraction of sp³-hybridized carbons (Fsp3) is 0.364. The summed E-state index contributed by atoms with van der Waals surface area (Å²) in [5.41, 5.74) is -0.258. The van der Waals surface area contributed by atoms with Gasteiger partial charge in [-0.05, 0) is 57.5 Å². The van der Waals surface area contributed by atoms with Gasteiger partial charge in [-0.15, -0.1) is 0 Å². The van der Waals surface area contributed by atoms with E-state index in [0.29, 0.717) is 17.3 Å². The maximum absolute atomic E-state index is 13.5. The van der Waals surface area contributed by atoms with E-state index in [1.54, 1.807) is 54.8 Å². The zero-order valence-corrected chi connectivity index (χ0v) is 18.2. The molecule has 0 radical (unpaired) electrons. The first kappa shape index (κ1) is 20.7. The van der Waals surface area contributed by atoms with Crippen molar-refractivity contribution in [1.82, 2.24) is 4.90 Å². The van der Waals surface area contributed by atoms with Gasteiger partial charge in [0.2, 0.25) is 0 Å². The van der Waals surface area contributed by atoms with Crippen LogP contribution in [0.15, 0.2) is 59.6 Å². The van der Waals surface area contributed by atoms with Crippen molar-refractivity contribution in [2.24, 2.45) is 4.99 Å². The number of carbonyl (C=O) groups excluding carboxylic acids is 1. The van der Waals surface area contributed by atoms with Gasteiger partial charge >= 0.3 is 0 Å². The number of ether oxygens (including phenoxy) is 1. The highest BCUT2D eigenvalue weighted by molar-refractivity contribution is 8.14. The van der Waals surface area contributed by atoms with Crippen LogP contribution in [0, 0.1) is 0 Å². The molecule has 1 fully saturated rings. The third-order valence-electron chi connectivity index (χ3n) is 4.50. The molecule has 28 heavy (non-hydrogen) atoms. The highest BCUT2D eigenvalue weighted by Gasteiger charge is 2.47. The van der Waals surface area contributed by atoms with Gasteiger partial charge in [-0.25, -0.2) is 0 Å². The van der Waals surface area contributed by atoms with E-state index in [0.717, 1.165) is 16.5 Å². The first-order chi connectivity index (χ1) is 13.2. The molecule has 1 amide bonds. The normalized spacial score (nSPS) is 17.8. The van der Waals surface area contributed by atoms with Crippen LogP contribution in [0.3, 0.4) is 0 Å². The number of aliphatic imine (C=N–C) groups is 1. The Kier molecular flexibility index (Phi) is 6.06. The largest absolute Gasteiger partial charge is 0.478 e. The summed E-state index contributed by atoms with van der Waals surface area (Å²) in [6.07, 6.45) is 0. The van der Waals surface area contributed by atoms with Crippen molar-refractivity contribution in [3.8, 4) is 5.75 Å². The second-order valence-electron chi connectivity index (χ2n) is 7.89. The minimum Gasteiger partial charge on any atom is -0.478 e. The Morgan fingerprint density at radius 2 is 1.82 bits per heavy atom. The third-order valence-corrected chi connectivity index (χ3v) is 6.17. The SMILES string of the molecule is CC(C)(Oc1ccc(Cl)cc1)C(=O)N1C(=NCc2ccccc2)SCC1(C)C. The van der Waals surface area contributed by atoms with Crippen LogP contribution in [0.4, 0.5) is 0 Å². The number of amides is 1. The van der Waals surface area contributed by atoms with Gasteiger partial charge in [-0.1, -0.05) is 53.7 Å². The second-order valence-corrected chi connectivity index (χ2v) is 9.27. The standard InChI is InChI=1S/C22H25ClN2O2S/c1-21(2)15-28-20(24-14-16-8-6-5-7-9-16)25(21)19(26)22(3,4)27-18-12-10-17(23)11-13-18/h5-13H,14-15H2,1-4H3. The molecule has 148 valence electrons. The van der Waals surface area contributed by atoms with Crippen molar-refractivity contribution >= 4 is 34.4 Å². The number of rotatable bonds is 5. The lowest BCUT2D eigenvalue weighted by atomic mass is 10.0. The molecule has 6 heteroatoms. The van der Waals surface area contributed by atoms with Gasteiger partial charge in [0, 0.05) is 10.8 Å². The van der Waals surface area contributed by atoms with Gasteiger partial charge in [-0.3, -0.25) is 14.7 Å². The third kappa shape index (κ3) is 4.70. The van der Waals surface area contributed by atoms with E-state index in [4.69, 9.17) is 21.3 Å². The molecular weight excluding hydrogens is 392 g/mol. The highest BCUT2D eigenvalue weighted by Crippen LogP contribution is 2.36. The molecule has 1 heterocycles. The van der Waals surface area contributed by atoms with Crippen molar-refractivity contribution in [3.05, 3.63) is 65.2 Å². The molecule has 0 N–H and O–H groups in total. The Bertz CT molecular complexity index is 864. The molecular formula is C22H25ClN2O2S. The van der Waals surface area contributed by atoms with E-state index in [9.17, 15) is 4.79 Å². The van der Waals surface area contributed by atoms with Gasteiger partial charge in [0.05, 0.1) is 12.1 Å². The van der Waals surface area contributed by atoms with Crippen molar-refractivity contribution in [2.45, 2.75) is 45.4 Å². The van der Waals surface area contributed by atoms with Crippen LogP contribution in [0.25, 0.3) is 0 Å². The lowest BCUT2D eigenvalue weighted by Gasteiger charge is -2.36. The molecule has 1 aliphatic rings. The quantitative estimate of drug-likeness (QED) is 0.654. The molecule has 0 bridgehead atoms. The van der Waals surface area contributed by atoms with E-state index in [2.05, 4.69) is 13.8 Å². The van der Waals surface area contributed by atoms with Crippen LogP contribution in [0.1, 0.15) is 33.3 Å². The maximum atomic E-state index is 13.5. The molecule has 0 atom stereocenters. The Hall–Kier alpha value is -1.98. The average Bonchev–Trinajstić information content (AvgIpc) is 2.96. The Morgan fingerprint density at radius 3 is 2.46 bits per heavy atom. The van der Waals surface area contributed by atoms with Crippen LogP contribution >= 0.6 is 23.4 Å². The van der Waals surface area contributed by atoms with Crippen molar-refractivity contribution in [2.75, 3.05) is 5.75 Å². The molecule has 0 saturated carbocycles. The predicted molar refractivity (Wildman–Crippen MR) is 117 cm³/mol. The van der Waals surface area contributed by atoms with E-state index >= 15 is 0 Å². The first-order valence-corrected chi connectivity index (χ1v) is 10.6. The Labute approximate surface area is 175 Å². The van der Waals surface area contributed by atoms with E-state index in [1.807, 2.05) is 30.3 Å². The predicted octanol–water partition coefficient (Wildman–Crippen LogP) is 5.41. The molecule has 2 aromatic carbocycles.